The van der Waals surface area contributed by atoms with Crippen LogP contribution in [0.15, 0.2) is 30.9 Å². The molecule has 1 aliphatic heterocycles. The highest BCUT2D eigenvalue weighted by Gasteiger charge is 2.45. The van der Waals surface area contributed by atoms with E-state index in [1.165, 1.54) is 29.4 Å². The highest BCUT2D eigenvalue weighted by atomic mass is 31.2. The molecule has 2 aromatic heterocycles. The summed E-state index contributed by atoms with van der Waals surface area (Å²) in [7, 11) is -4.81. The highest BCUT2D eigenvalue weighted by molar-refractivity contribution is 7.46. The number of hydrogen-bond donors (Lipinski definition) is 6. The number of nitrogens with zero attached hydrogens (tertiary/aromatic N) is 6. The van der Waals surface area contributed by atoms with Crippen molar-refractivity contribution in [1.82, 2.24) is 19.5 Å². The van der Waals surface area contributed by atoms with E-state index in [1.807, 2.05) is 0 Å². The molecule has 1 saturated heterocycles. The zero-order chi connectivity index (χ0) is 30.6. The van der Waals surface area contributed by atoms with Gasteiger partial charge in [0.05, 0.1) is 28.8 Å². The molecule has 0 aliphatic carbocycles. The van der Waals surface area contributed by atoms with Gasteiger partial charge < -0.3 is 35.8 Å². The summed E-state index contributed by atoms with van der Waals surface area (Å²) in [5.41, 5.74) is 6.23. The number of hydrogen-bond acceptors (Lipinski definition) is 14. The zero-order valence-electron chi connectivity index (χ0n) is 21.9. The largest absolute Gasteiger partial charge is 0.469 e. The van der Waals surface area contributed by atoms with Crippen LogP contribution >= 0.6 is 7.82 Å². The van der Waals surface area contributed by atoms with Crippen LogP contribution in [-0.2, 0) is 13.8 Å². The van der Waals surface area contributed by atoms with Gasteiger partial charge >= 0.3 is 7.82 Å². The van der Waals surface area contributed by atoms with E-state index in [9.17, 15) is 35.0 Å². The molecule has 1 fully saturated rings. The van der Waals surface area contributed by atoms with Gasteiger partial charge in [-0.1, -0.05) is 12.8 Å². The molecule has 3 aromatic rings. The Morgan fingerprint density at radius 1 is 1.12 bits per heavy atom. The Morgan fingerprint density at radius 2 is 1.88 bits per heavy atom. The molecule has 0 spiro atoms. The molecule has 1 unspecified atom stereocenters. The molecular weight excluding hydrogens is 583 g/mol. The van der Waals surface area contributed by atoms with Gasteiger partial charge in [0.25, 0.3) is 11.4 Å². The number of benzene rings is 1. The molecule has 1 aliphatic rings. The number of nitrogens with two attached hydrogens (primary N) is 1. The molecule has 20 heteroatoms. The predicted molar refractivity (Wildman–Crippen MR) is 143 cm³/mol. The van der Waals surface area contributed by atoms with Gasteiger partial charge in [0.15, 0.2) is 23.2 Å². The zero-order valence-corrected chi connectivity index (χ0v) is 22.8. The van der Waals surface area contributed by atoms with E-state index in [-0.39, 0.29) is 22.6 Å². The number of phosphoric acid groups is 1. The van der Waals surface area contributed by atoms with Crippen molar-refractivity contribution in [3.63, 3.8) is 0 Å². The van der Waals surface area contributed by atoms with Crippen molar-refractivity contribution < 1.29 is 43.7 Å². The number of nitro groups is 2. The number of aliphatic hydroxyl groups is 2. The summed E-state index contributed by atoms with van der Waals surface area (Å²) in [5, 5.41) is 46.2. The SMILES string of the molecule is NC(CCCCCNc1ncnc2c1ncn2[C@@H]1O[C@H](COP(=O)(O)O)[C@@H](O)[C@H]1O)c1ccc([N+](=O)[O-])cc1[N+](=O)[O-]. The number of rotatable bonds is 14. The third-order valence-corrected chi connectivity index (χ3v) is 7.17. The molecule has 19 nitrogen and oxygen atoms in total. The van der Waals surface area contributed by atoms with E-state index in [1.54, 1.807) is 0 Å². The van der Waals surface area contributed by atoms with Crippen molar-refractivity contribution in [2.24, 2.45) is 5.73 Å². The van der Waals surface area contributed by atoms with Crippen LogP contribution in [0.4, 0.5) is 17.2 Å². The fourth-order valence-electron chi connectivity index (χ4n) is 4.58. The Bertz CT molecular complexity index is 1480. The molecule has 5 atom stereocenters. The van der Waals surface area contributed by atoms with Crippen LogP contribution in [0.25, 0.3) is 11.2 Å². The van der Waals surface area contributed by atoms with Crippen molar-refractivity contribution in [1.29, 1.82) is 0 Å². The molecule has 7 N–H and O–H groups in total. The minimum absolute atomic E-state index is 0.229. The van der Waals surface area contributed by atoms with Gasteiger partial charge in [-0.3, -0.25) is 29.3 Å². The third kappa shape index (κ3) is 7.20. The Labute approximate surface area is 236 Å². The Balaban J connectivity index is 1.30. The quantitative estimate of drug-likeness (QED) is 0.0641. The molecule has 0 bridgehead atoms. The lowest BCUT2D eigenvalue weighted by Crippen LogP contribution is -2.33. The van der Waals surface area contributed by atoms with Gasteiger partial charge in [0.2, 0.25) is 0 Å². The average molecular weight is 612 g/mol. The summed E-state index contributed by atoms with van der Waals surface area (Å²) in [6.45, 7) is -0.169. The first kappa shape index (κ1) is 31.3. The maximum Gasteiger partial charge on any atom is 0.469 e. The van der Waals surface area contributed by atoms with Gasteiger partial charge in [0.1, 0.15) is 24.6 Å². The van der Waals surface area contributed by atoms with Crippen molar-refractivity contribution in [3.8, 4) is 0 Å². The van der Waals surface area contributed by atoms with Crippen molar-refractivity contribution in [2.45, 2.75) is 56.3 Å². The molecule has 1 aromatic carbocycles. The van der Waals surface area contributed by atoms with Crippen LogP contribution in [0.5, 0.6) is 0 Å². The number of anilines is 1. The Morgan fingerprint density at radius 3 is 2.57 bits per heavy atom. The van der Waals surface area contributed by atoms with Crippen molar-refractivity contribution >= 4 is 36.2 Å². The molecule has 0 amide bonds. The smallest absolute Gasteiger partial charge is 0.387 e. The number of phosphoric ester groups is 1. The number of imidazole rings is 1. The maximum atomic E-state index is 11.4. The monoisotopic (exact) mass is 612 g/mol. The van der Waals surface area contributed by atoms with Crippen LogP contribution in [0.1, 0.15) is 43.5 Å². The van der Waals surface area contributed by atoms with E-state index in [4.69, 9.17) is 20.3 Å². The van der Waals surface area contributed by atoms with E-state index in [0.29, 0.717) is 43.6 Å². The number of nitrogens with one attached hydrogen (secondary N) is 1. The summed E-state index contributed by atoms with van der Waals surface area (Å²) >= 11 is 0. The second-order valence-electron chi connectivity index (χ2n) is 9.52. The number of fused-ring (bicyclic) bond motifs is 1. The summed E-state index contributed by atoms with van der Waals surface area (Å²) in [5.74, 6) is 0.395. The normalized spacial score (nSPS) is 21.5. The second-order valence-corrected chi connectivity index (χ2v) is 10.8. The van der Waals surface area contributed by atoms with Gasteiger partial charge in [-0.15, -0.1) is 0 Å². The number of aliphatic hydroxyl groups excluding tert-OH is 2. The minimum atomic E-state index is -4.81. The van der Waals surface area contributed by atoms with E-state index < -0.39 is 54.9 Å². The second kappa shape index (κ2) is 13.1. The van der Waals surface area contributed by atoms with Crippen molar-refractivity contribution in [2.75, 3.05) is 18.5 Å². The maximum absolute atomic E-state index is 11.4. The van der Waals surface area contributed by atoms with E-state index in [2.05, 4.69) is 24.8 Å². The predicted octanol–water partition coefficient (Wildman–Crippen LogP) is 1.04. The topological polar surface area (TPSA) is 284 Å². The van der Waals surface area contributed by atoms with Crippen LogP contribution in [0.3, 0.4) is 0 Å². The number of non-ortho nitro benzene ring substituents is 1. The Kier molecular flexibility index (Phi) is 9.74. The molecule has 228 valence electrons. The standard InChI is InChI=1S/C22H29N8O11P/c23-14(13-6-5-12(29(33)34)8-15(13)30(35)36)4-2-1-3-7-24-20-17-21(26-10-25-20)28(11-27-17)22-19(32)18(31)16(41-22)9-40-42(37,38)39/h5-6,8,10-11,14,16,18-19,22,31-32H,1-4,7,9,23H2,(H,24,25,26)(H2,37,38,39)/t14?,16-,18-,19-,22-/m1/s1. The molecule has 0 saturated carbocycles. The molecular formula is C22H29N8O11P. The lowest BCUT2D eigenvalue weighted by atomic mass is 9.99. The Hall–Kier alpha value is -3.68. The highest BCUT2D eigenvalue weighted by Crippen LogP contribution is 2.39. The first-order valence-corrected chi connectivity index (χ1v) is 14.2. The van der Waals surface area contributed by atoms with Crippen LogP contribution in [-0.4, -0.2) is 80.8 Å². The van der Waals surface area contributed by atoms with Gasteiger partial charge in [-0.25, -0.2) is 19.5 Å². The first-order valence-electron chi connectivity index (χ1n) is 12.7. The molecule has 42 heavy (non-hydrogen) atoms. The summed E-state index contributed by atoms with van der Waals surface area (Å²) < 4.78 is 22.3. The fourth-order valence-corrected chi connectivity index (χ4v) is 4.92. The molecule has 4 rings (SSSR count). The van der Waals surface area contributed by atoms with Gasteiger partial charge in [-0.2, -0.15) is 0 Å². The summed E-state index contributed by atoms with van der Waals surface area (Å²) in [4.78, 5) is 51.4. The lowest BCUT2D eigenvalue weighted by molar-refractivity contribution is -0.394. The van der Waals surface area contributed by atoms with Crippen LogP contribution in [0, 0.1) is 20.2 Å². The summed E-state index contributed by atoms with van der Waals surface area (Å²) in [6, 6.07) is 2.74. The number of unbranched alkanes of at least 4 members (excludes halogenated alkanes) is 2. The minimum Gasteiger partial charge on any atom is -0.387 e. The first-order chi connectivity index (χ1) is 19.9. The average Bonchev–Trinajstić information content (AvgIpc) is 3.49. The fraction of sp³-hybridized carbons (Fsp3) is 0.500. The van der Waals surface area contributed by atoms with Crippen LogP contribution < -0.4 is 11.1 Å². The van der Waals surface area contributed by atoms with E-state index in [0.717, 1.165) is 6.07 Å². The number of ether oxygens (including phenoxy) is 1. The number of nitro benzene ring substituents is 2. The molecule has 3 heterocycles. The van der Waals surface area contributed by atoms with Crippen molar-refractivity contribution in [3.05, 3.63) is 56.6 Å². The third-order valence-electron chi connectivity index (χ3n) is 6.68. The molecule has 0 radical (unpaired) electrons. The van der Waals surface area contributed by atoms with Gasteiger partial charge in [0, 0.05) is 24.2 Å². The van der Waals surface area contributed by atoms with E-state index >= 15 is 0 Å². The van der Waals surface area contributed by atoms with Crippen LogP contribution in [0.2, 0.25) is 0 Å². The summed E-state index contributed by atoms with van der Waals surface area (Å²) in [6.07, 6.45) is -0.269. The number of aromatic nitrogens is 4. The van der Waals surface area contributed by atoms with Gasteiger partial charge in [-0.05, 0) is 18.9 Å². The lowest BCUT2D eigenvalue weighted by Gasteiger charge is -2.16.